The summed E-state index contributed by atoms with van der Waals surface area (Å²) in [6.07, 6.45) is 4.55. The lowest BCUT2D eigenvalue weighted by Crippen LogP contribution is -2.39. The van der Waals surface area contributed by atoms with Crippen LogP contribution in [0, 0.1) is 0 Å². The van der Waals surface area contributed by atoms with Crippen LogP contribution < -0.4 is 16.0 Å². The monoisotopic (exact) mass is 470 g/mol. The largest absolute Gasteiger partial charge is 0.357 e. The van der Waals surface area contributed by atoms with Gasteiger partial charge in [-0.2, -0.15) is 5.10 Å². The second kappa shape index (κ2) is 12.3. The third-order valence-electron chi connectivity index (χ3n) is 3.51. The van der Waals surface area contributed by atoms with Crippen molar-refractivity contribution in [3.8, 4) is 5.69 Å². The Bertz CT molecular complexity index is 669. The van der Waals surface area contributed by atoms with Crippen LogP contribution >= 0.6 is 24.0 Å². The number of rotatable bonds is 8. The molecule has 1 amide bonds. The van der Waals surface area contributed by atoms with Crippen LogP contribution in [0.4, 0.5) is 0 Å². The molecule has 0 saturated heterocycles. The average molecular weight is 470 g/mol. The van der Waals surface area contributed by atoms with Crippen LogP contribution in [-0.4, -0.2) is 47.8 Å². The van der Waals surface area contributed by atoms with Gasteiger partial charge in [-0.1, -0.05) is 12.1 Å². The summed E-state index contributed by atoms with van der Waals surface area (Å²) in [5.74, 6) is 0.579. The molecule has 7 nitrogen and oxygen atoms in total. The minimum atomic E-state index is -0.0751. The summed E-state index contributed by atoms with van der Waals surface area (Å²) in [5, 5.41) is 13.3. The minimum absolute atomic E-state index is 0. The van der Waals surface area contributed by atoms with Gasteiger partial charge in [-0.25, -0.2) is 9.67 Å². The van der Waals surface area contributed by atoms with E-state index in [0.29, 0.717) is 12.5 Å². The summed E-state index contributed by atoms with van der Waals surface area (Å²) in [4.78, 5) is 15.8. The number of hydrogen-bond acceptors (Lipinski definition) is 3. The molecular weight excluding hydrogens is 443 g/mol. The Morgan fingerprint density at radius 3 is 2.46 bits per heavy atom. The van der Waals surface area contributed by atoms with E-state index in [4.69, 9.17) is 0 Å². The van der Waals surface area contributed by atoms with Crippen molar-refractivity contribution in [2.75, 3.05) is 26.2 Å². The SMILES string of the molecule is CCNC(=O)CN=C(NCC)NCCc1ccc(-n2cccn2)cc1.I. The molecule has 0 spiro atoms. The first-order valence-corrected chi connectivity index (χ1v) is 8.60. The zero-order chi connectivity index (χ0) is 17.9. The van der Waals surface area contributed by atoms with Gasteiger partial charge in [0.1, 0.15) is 6.54 Å². The number of benzene rings is 1. The predicted molar refractivity (Wildman–Crippen MR) is 115 cm³/mol. The van der Waals surface area contributed by atoms with E-state index in [2.05, 4.69) is 50.3 Å². The molecular formula is C18H27IN6O. The standard InChI is InChI=1S/C18H26N6O.HI/c1-3-19-17(25)14-22-18(20-4-2)21-12-10-15-6-8-16(9-7-15)24-13-5-11-23-24;/h5-9,11,13H,3-4,10,12,14H2,1-2H3,(H,19,25)(H2,20,21,22);1H. The van der Waals surface area contributed by atoms with Crippen molar-refractivity contribution in [3.63, 3.8) is 0 Å². The number of aliphatic imine (C=N–C) groups is 1. The second-order valence-corrected chi connectivity index (χ2v) is 5.44. The molecule has 0 radical (unpaired) electrons. The third kappa shape index (κ3) is 7.42. The fourth-order valence-corrected chi connectivity index (χ4v) is 2.31. The molecule has 8 heteroatoms. The second-order valence-electron chi connectivity index (χ2n) is 5.44. The predicted octanol–water partition coefficient (Wildman–Crippen LogP) is 1.72. The molecule has 0 aliphatic rings. The van der Waals surface area contributed by atoms with E-state index in [0.717, 1.165) is 25.2 Å². The molecule has 2 rings (SSSR count). The highest BCUT2D eigenvalue weighted by Crippen LogP contribution is 2.08. The zero-order valence-corrected chi connectivity index (χ0v) is 17.6. The van der Waals surface area contributed by atoms with E-state index in [-0.39, 0.29) is 36.4 Å². The molecule has 1 aromatic carbocycles. The molecule has 0 aliphatic heterocycles. The first kappa shape index (κ1) is 21.9. The van der Waals surface area contributed by atoms with Crippen molar-refractivity contribution >= 4 is 35.8 Å². The number of aromatic nitrogens is 2. The van der Waals surface area contributed by atoms with Crippen LogP contribution in [0.3, 0.4) is 0 Å². The number of hydrogen-bond donors (Lipinski definition) is 3. The van der Waals surface area contributed by atoms with E-state index < -0.39 is 0 Å². The number of likely N-dealkylation sites (N-methyl/N-ethyl adjacent to an activating group) is 1. The Hall–Kier alpha value is -2.10. The van der Waals surface area contributed by atoms with Crippen LogP contribution in [0.15, 0.2) is 47.7 Å². The highest BCUT2D eigenvalue weighted by molar-refractivity contribution is 14.0. The van der Waals surface area contributed by atoms with Crippen molar-refractivity contribution in [2.24, 2.45) is 4.99 Å². The smallest absolute Gasteiger partial charge is 0.241 e. The van der Waals surface area contributed by atoms with Gasteiger partial charge in [0, 0.05) is 32.0 Å². The Balaban J connectivity index is 0.00000338. The van der Waals surface area contributed by atoms with Crippen molar-refractivity contribution < 1.29 is 4.79 Å². The summed E-state index contributed by atoms with van der Waals surface area (Å²) >= 11 is 0. The zero-order valence-electron chi connectivity index (χ0n) is 15.2. The third-order valence-corrected chi connectivity index (χ3v) is 3.51. The highest BCUT2D eigenvalue weighted by Gasteiger charge is 2.02. The molecule has 0 saturated carbocycles. The summed E-state index contributed by atoms with van der Waals surface area (Å²) in [6, 6.07) is 10.2. The molecule has 142 valence electrons. The molecule has 1 heterocycles. The lowest BCUT2D eigenvalue weighted by molar-refractivity contribution is -0.119. The van der Waals surface area contributed by atoms with Gasteiger partial charge in [-0.3, -0.25) is 4.79 Å². The molecule has 0 atom stereocenters. The van der Waals surface area contributed by atoms with E-state index in [1.165, 1.54) is 5.56 Å². The fraction of sp³-hybridized carbons (Fsp3) is 0.389. The maximum atomic E-state index is 11.5. The lowest BCUT2D eigenvalue weighted by Gasteiger charge is -2.11. The summed E-state index contributed by atoms with van der Waals surface area (Å²) in [6.45, 7) is 6.12. The van der Waals surface area contributed by atoms with Gasteiger partial charge in [0.15, 0.2) is 5.96 Å². The van der Waals surface area contributed by atoms with Crippen LogP contribution in [0.25, 0.3) is 5.69 Å². The molecule has 0 aliphatic carbocycles. The fourth-order valence-electron chi connectivity index (χ4n) is 2.31. The van der Waals surface area contributed by atoms with Gasteiger partial charge in [0.05, 0.1) is 5.69 Å². The maximum Gasteiger partial charge on any atom is 0.241 e. The molecule has 3 N–H and O–H groups in total. The number of amides is 1. The first-order chi connectivity index (χ1) is 12.2. The average Bonchev–Trinajstić information content (AvgIpc) is 3.15. The van der Waals surface area contributed by atoms with Gasteiger partial charge in [-0.05, 0) is 44.0 Å². The number of nitrogens with zero attached hydrogens (tertiary/aromatic N) is 3. The molecule has 2 aromatic rings. The van der Waals surface area contributed by atoms with Crippen molar-refractivity contribution in [3.05, 3.63) is 48.3 Å². The molecule has 0 bridgehead atoms. The Morgan fingerprint density at radius 2 is 1.85 bits per heavy atom. The van der Waals surface area contributed by atoms with Crippen molar-refractivity contribution in [1.29, 1.82) is 0 Å². The highest BCUT2D eigenvalue weighted by atomic mass is 127. The molecule has 1 aromatic heterocycles. The quantitative estimate of drug-likeness (QED) is 0.312. The normalized spacial score (nSPS) is 10.8. The number of carbonyl (C=O) groups excluding carboxylic acids is 1. The number of carbonyl (C=O) groups is 1. The summed E-state index contributed by atoms with van der Waals surface area (Å²) in [5.41, 5.74) is 2.27. The lowest BCUT2D eigenvalue weighted by atomic mass is 10.1. The first-order valence-electron chi connectivity index (χ1n) is 8.60. The number of guanidine groups is 1. The minimum Gasteiger partial charge on any atom is -0.357 e. The van der Waals surface area contributed by atoms with Crippen molar-refractivity contribution in [1.82, 2.24) is 25.7 Å². The van der Waals surface area contributed by atoms with Gasteiger partial charge in [-0.15, -0.1) is 24.0 Å². The topological polar surface area (TPSA) is 83.3 Å². The van der Waals surface area contributed by atoms with Gasteiger partial charge in [0.2, 0.25) is 5.91 Å². The van der Waals surface area contributed by atoms with E-state index >= 15 is 0 Å². The summed E-state index contributed by atoms with van der Waals surface area (Å²) < 4.78 is 1.83. The Morgan fingerprint density at radius 1 is 1.12 bits per heavy atom. The van der Waals surface area contributed by atoms with Gasteiger partial charge < -0.3 is 16.0 Å². The maximum absolute atomic E-state index is 11.5. The summed E-state index contributed by atoms with van der Waals surface area (Å²) in [7, 11) is 0. The molecule has 0 unspecified atom stereocenters. The van der Waals surface area contributed by atoms with Crippen LogP contribution in [0.1, 0.15) is 19.4 Å². The number of nitrogens with one attached hydrogen (secondary N) is 3. The van der Waals surface area contributed by atoms with E-state index in [9.17, 15) is 4.79 Å². The van der Waals surface area contributed by atoms with Crippen LogP contribution in [-0.2, 0) is 11.2 Å². The van der Waals surface area contributed by atoms with Crippen LogP contribution in [0.5, 0.6) is 0 Å². The molecule has 0 fully saturated rings. The van der Waals surface area contributed by atoms with E-state index in [1.54, 1.807) is 6.20 Å². The van der Waals surface area contributed by atoms with Crippen molar-refractivity contribution in [2.45, 2.75) is 20.3 Å². The Labute approximate surface area is 171 Å². The van der Waals surface area contributed by atoms with E-state index in [1.807, 2.05) is 30.8 Å². The number of halogens is 1. The molecule has 26 heavy (non-hydrogen) atoms. The van der Waals surface area contributed by atoms with Gasteiger partial charge in [0.25, 0.3) is 0 Å². The van der Waals surface area contributed by atoms with Crippen LogP contribution in [0.2, 0.25) is 0 Å². The van der Waals surface area contributed by atoms with Gasteiger partial charge >= 0.3 is 0 Å². The Kier molecular flexibility index (Phi) is 10.4.